The summed E-state index contributed by atoms with van der Waals surface area (Å²) in [5.41, 5.74) is 2.79. The summed E-state index contributed by atoms with van der Waals surface area (Å²) < 4.78 is 1.17. The van der Waals surface area contributed by atoms with Crippen LogP contribution in [0.5, 0.6) is 0 Å². The molecule has 18 heavy (non-hydrogen) atoms. The van der Waals surface area contributed by atoms with Crippen LogP contribution < -0.4 is 10.2 Å². The lowest BCUT2D eigenvalue weighted by atomic mass is 9.97. The van der Waals surface area contributed by atoms with Gasteiger partial charge in [-0.3, -0.25) is 0 Å². The normalized spacial score (nSPS) is 20.2. The second-order valence-corrected chi connectivity index (χ2v) is 6.08. The maximum Gasteiger partial charge on any atom is 0.0399 e. The van der Waals surface area contributed by atoms with Crippen molar-refractivity contribution in [2.45, 2.75) is 38.6 Å². The van der Waals surface area contributed by atoms with Gasteiger partial charge in [0.2, 0.25) is 0 Å². The maximum absolute atomic E-state index is 3.55. The third-order valence-corrected chi connectivity index (χ3v) is 4.32. The smallest absolute Gasteiger partial charge is 0.0399 e. The van der Waals surface area contributed by atoms with Gasteiger partial charge in [-0.05, 0) is 70.0 Å². The Kier molecular flexibility index (Phi) is 5.07. The fraction of sp³-hybridized carbons (Fsp3) is 0.600. The van der Waals surface area contributed by atoms with Gasteiger partial charge in [0.1, 0.15) is 0 Å². The highest BCUT2D eigenvalue weighted by molar-refractivity contribution is 9.10. The van der Waals surface area contributed by atoms with Crippen LogP contribution in [0.4, 0.5) is 5.69 Å². The fourth-order valence-corrected chi connectivity index (χ4v) is 3.35. The molecule has 1 fully saturated rings. The Morgan fingerprint density at radius 1 is 1.39 bits per heavy atom. The summed E-state index contributed by atoms with van der Waals surface area (Å²) >= 11 is 3.55. The third-order valence-electron chi connectivity index (χ3n) is 3.82. The lowest BCUT2D eigenvalue weighted by Gasteiger charge is -2.38. The van der Waals surface area contributed by atoms with E-state index < -0.39 is 0 Å². The molecule has 2 nitrogen and oxygen atoms in total. The lowest BCUT2D eigenvalue weighted by Crippen LogP contribution is -2.41. The first-order valence-electron chi connectivity index (χ1n) is 6.90. The zero-order valence-corrected chi connectivity index (χ0v) is 13.0. The van der Waals surface area contributed by atoms with E-state index in [4.69, 9.17) is 0 Å². The molecule has 1 aliphatic rings. The number of halogens is 1. The fourth-order valence-electron chi connectivity index (χ4n) is 2.87. The Bertz CT molecular complexity index is 392. The molecule has 0 amide bonds. The van der Waals surface area contributed by atoms with Crippen LogP contribution in [0, 0.1) is 6.92 Å². The van der Waals surface area contributed by atoms with Crippen LogP contribution in [0.15, 0.2) is 22.7 Å². The van der Waals surface area contributed by atoms with E-state index in [9.17, 15) is 0 Å². The van der Waals surface area contributed by atoms with Crippen LogP contribution in [0.1, 0.15) is 31.2 Å². The summed E-state index contributed by atoms with van der Waals surface area (Å²) in [6, 6.07) is 7.34. The first kappa shape index (κ1) is 13.9. The first-order valence-corrected chi connectivity index (χ1v) is 7.69. The number of rotatable bonds is 4. The molecule has 1 aromatic rings. The van der Waals surface area contributed by atoms with Crippen LogP contribution in [0.3, 0.4) is 0 Å². The van der Waals surface area contributed by atoms with E-state index in [1.807, 2.05) is 7.05 Å². The molecule has 1 N–H and O–H groups in total. The summed E-state index contributed by atoms with van der Waals surface area (Å²) in [4.78, 5) is 2.61. The van der Waals surface area contributed by atoms with Crippen LogP contribution in [-0.4, -0.2) is 26.2 Å². The van der Waals surface area contributed by atoms with Gasteiger partial charge in [0.15, 0.2) is 0 Å². The topological polar surface area (TPSA) is 15.3 Å². The number of nitrogens with one attached hydrogen (secondary N) is 1. The molecule has 2 rings (SSSR count). The predicted octanol–water partition coefficient (Wildman–Crippen LogP) is 3.73. The Balaban J connectivity index is 2.16. The summed E-state index contributed by atoms with van der Waals surface area (Å²) in [5.74, 6) is 0. The minimum absolute atomic E-state index is 0.700. The van der Waals surface area contributed by atoms with Crippen molar-refractivity contribution in [1.29, 1.82) is 0 Å². The van der Waals surface area contributed by atoms with E-state index in [-0.39, 0.29) is 0 Å². The highest BCUT2D eigenvalue weighted by Crippen LogP contribution is 2.30. The van der Waals surface area contributed by atoms with Gasteiger partial charge in [-0.25, -0.2) is 0 Å². The van der Waals surface area contributed by atoms with Crippen LogP contribution in [0.25, 0.3) is 0 Å². The number of piperidine rings is 1. The minimum atomic E-state index is 0.700. The molecule has 100 valence electrons. The summed E-state index contributed by atoms with van der Waals surface area (Å²) in [7, 11) is 2.04. The number of aryl methyl sites for hydroxylation is 1. The van der Waals surface area contributed by atoms with Crippen molar-refractivity contribution >= 4 is 21.6 Å². The van der Waals surface area contributed by atoms with Gasteiger partial charge in [-0.15, -0.1) is 0 Å². The molecule has 3 heteroatoms. The van der Waals surface area contributed by atoms with E-state index in [2.05, 4.69) is 51.3 Å². The predicted molar refractivity (Wildman–Crippen MR) is 82.4 cm³/mol. The average Bonchev–Trinajstić information content (AvgIpc) is 2.37. The monoisotopic (exact) mass is 310 g/mol. The molecule has 1 unspecified atom stereocenters. The number of nitrogens with zero attached hydrogens (tertiary/aromatic N) is 1. The molecule has 0 radical (unpaired) electrons. The molecule has 0 aliphatic carbocycles. The van der Waals surface area contributed by atoms with Crippen molar-refractivity contribution in [3.63, 3.8) is 0 Å². The van der Waals surface area contributed by atoms with Gasteiger partial charge >= 0.3 is 0 Å². The van der Waals surface area contributed by atoms with Crippen molar-refractivity contribution in [3.05, 3.63) is 28.2 Å². The highest BCUT2D eigenvalue weighted by atomic mass is 79.9. The number of anilines is 1. The average molecular weight is 311 g/mol. The van der Waals surface area contributed by atoms with Crippen molar-refractivity contribution < 1.29 is 0 Å². The Hall–Kier alpha value is -0.540. The van der Waals surface area contributed by atoms with Gasteiger partial charge in [-0.1, -0.05) is 15.9 Å². The molecular weight excluding hydrogens is 288 g/mol. The first-order chi connectivity index (χ1) is 8.72. The van der Waals surface area contributed by atoms with E-state index in [0.717, 1.165) is 6.54 Å². The zero-order chi connectivity index (χ0) is 13.0. The van der Waals surface area contributed by atoms with E-state index in [1.165, 1.54) is 48.0 Å². The number of benzene rings is 1. The second-order valence-electron chi connectivity index (χ2n) is 5.17. The summed E-state index contributed by atoms with van der Waals surface area (Å²) in [5, 5.41) is 3.28. The van der Waals surface area contributed by atoms with Crippen molar-refractivity contribution in [3.8, 4) is 0 Å². The molecule has 0 aromatic heterocycles. The van der Waals surface area contributed by atoms with Gasteiger partial charge in [0.25, 0.3) is 0 Å². The van der Waals surface area contributed by atoms with Crippen LogP contribution in [0.2, 0.25) is 0 Å². The van der Waals surface area contributed by atoms with Crippen molar-refractivity contribution in [2.24, 2.45) is 0 Å². The zero-order valence-electron chi connectivity index (χ0n) is 11.4. The molecule has 1 heterocycles. The number of hydrogen-bond donors (Lipinski definition) is 1. The molecule has 1 saturated heterocycles. The third kappa shape index (κ3) is 3.27. The standard InChI is InChI=1S/C15H23BrN2/c1-12-11-13(16)6-7-15(12)18-10-4-3-5-14(18)8-9-17-2/h6-7,11,14,17H,3-5,8-10H2,1-2H3. The molecular formula is C15H23BrN2. The SMILES string of the molecule is CNCCC1CCCCN1c1ccc(Br)cc1C. The van der Waals surface area contributed by atoms with Gasteiger partial charge in [-0.2, -0.15) is 0 Å². The Labute approximate surface area is 119 Å². The van der Waals surface area contributed by atoms with Crippen molar-refractivity contribution in [2.75, 3.05) is 25.0 Å². The van der Waals surface area contributed by atoms with Crippen LogP contribution in [-0.2, 0) is 0 Å². The highest BCUT2D eigenvalue weighted by Gasteiger charge is 2.23. The quantitative estimate of drug-likeness (QED) is 0.911. The van der Waals surface area contributed by atoms with E-state index in [0.29, 0.717) is 6.04 Å². The van der Waals surface area contributed by atoms with Gasteiger partial charge < -0.3 is 10.2 Å². The molecule has 1 aliphatic heterocycles. The minimum Gasteiger partial charge on any atom is -0.368 e. The largest absolute Gasteiger partial charge is 0.368 e. The lowest BCUT2D eigenvalue weighted by molar-refractivity contribution is 0.433. The van der Waals surface area contributed by atoms with Crippen molar-refractivity contribution in [1.82, 2.24) is 5.32 Å². The molecule has 1 aromatic carbocycles. The van der Waals surface area contributed by atoms with Crippen LogP contribution >= 0.6 is 15.9 Å². The van der Waals surface area contributed by atoms with Gasteiger partial charge in [0.05, 0.1) is 0 Å². The summed E-state index contributed by atoms with van der Waals surface area (Å²) in [6.45, 7) is 4.53. The molecule has 0 spiro atoms. The summed E-state index contributed by atoms with van der Waals surface area (Å²) in [6.07, 6.45) is 5.27. The molecule has 0 bridgehead atoms. The van der Waals surface area contributed by atoms with E-state index >= 15 is 0 Å². The second kappa shape index (κ2) is 6.58. The molecule has 0 saturated carbocycles. The maximum atomic E-state index is 3.55. The number of hydrogen-bond acceptors (Lipinski definition) is 2. The molecule has 1 atom stereocenters. The van der Waals surface area contributed by atoms with Gasteiger partial charge in [0, 0.05) is 22.7 Å². The Morgan fingerprint density at radius 3 is 2.94 bits per heavy atom. The Morgan fingerprint density at radius 2 is 2.22 bits per heavy atom. The van der Waals surface area contributed by atoms with E-state index in [1.54, 1.807) is 0 Å².